The van der Waals surface area contributed by atoms with Gasteiger partial charge in [0.25, 0.3) is 0 Å². The zero-order valence-electron chi connectivity index (χ0n) is 14.0. The Morgan fingerprint density at radius 2 is 1.80 bits per heavy atom. The van der Waals surface area contributed by atoms with Crippen LogP contribution in [0.1, 0.15) is 24.0 Å². The Kier molecular flexibility index (Phi) is 4.72. The van der Waals surface area contributed by atoms with Gasteiger partial charge in [-0.05, 0) is 73.8 Å². The highest BCUT2D eigenvalue weighted by atomic mass is 35.5. The van der Waals surface area contributed by atoms with Crippen LogP contribution in [0.4, 0.5) is 5.69 Å². The maximum atomic E-state index is 6.21. The first-order valence-electron chi connectivity index (χ1n) is 8.70. The fourth-order valence-electron chi connectivity index (χ4n) is 3.87. The Morgan fingerprint density at radius 1 is 1.00 bits per heavy atom. The minimum absolute atomic E-state index is 0.0709. The van der Waals surface area contributed by atoms with Crippen LogP contribution in [-0.2, 0) is 13.0 Å². The predicted octanol–water partition coefficient (Wildman–Crippen LogP) is 4.93. The smallest absolute Gasteiger partial charge is 0.108 e. The molecule has 1 spiro atoms. The molecule has 1 fully saturated rings. The minimum Gasteiger partial charge on any atom is -0.343 e. The SMILES string of the molecule is Clc1cccc(CN=C2Nc3ccc(Cl)cc3CC23CCNCC3)c1. The number of aliphatic imine (C=N–C) groups is 1. The molecule has 0 unspecified atom stereocenters. The van der Waals surface area contributed by atoms with Crippen molar-refractivity contribution in [3.63, 3.8) is 0 Å². The second-order valence-electron chi connectivity index (χ2n) is 6.93. The fraction of sp³-hybridized carbons (Fsp3) is 0.350. The third-order valence-corrected chi connectivity index (χ3v) is 5.69. The lowest BCUT2D eigenvalue weighted by Gasteiger charge is -2.43. The molecule has 2 heterocycles. The first-order valence-corrected chi connectivity index (χ1v) is 9.46. The van der Waals surface area contributed by atoms with Gasteiger partial charge in [0, 0.05) is 21.1 Å². The molecule has 2 aromatic rings. The molecule has 2 N–H and O–H groups in total. The van der Waals surface area contributed by atoms with Crippen LogP contribution < -0.4 is 10.6 Å². The van der Waals surface area contributed by atoms with Crippen LogP contribution in [0.25, 0.3) is 0 Å². The number of anilines is 1. The maximum absolute atomic E-state index is 6.21. The molecule has 5 heteroatoms. The van der Waals surface area contributed by atoms with Crippen LogP contribution in [0.15, 0.2) is 47.5 Å². The lowest BCUT2D eigenvalue weighted by Crippen LogP contribution is -2.48. The average Bonchev–Trinajstić information content (AvgIpc) is 2.61. The standard InChI is InChI=1S/C20H21Cl2N3/c21-16-3-1-2-14(10-16)13-24-19-20(6-8-23-9-7-20)12-15-11-17(22)4-5-18(15)25-19/h1-5,10-11,23H,6-9,12-13H2,(H,24,25). The van der Waals surface area contributed by atoms with Crippen LogP contribution in [0.3, 0.4) is 0 Å². The summed E-state index contributed by atoms with van der Waals surface area (Å²) in [6.07, 6.45) is 3.16. The number of amidine groups is 1. The van der Waals surface area contributed by atoms with E-state index in [0.29, 0.717) is 6.54 Å². The Balaban J connectivity index is 1.68. The van der Waals surface area contributed by atoms with Gasteiger partial charge in [0.1, 0.15) is 5.84 Å². The number of piperidine rings is 1. The van der Waals surface area contributed by atoms with Crippen molar-refractivity contribution in [3.8, 4) is 0 Å². The molecule has 0 aromatic heterocycles. The first kappa shape index (κ1) is 16.9. The van der Waals surface area contributed by atoms with Crippen molar-refractivity contribution in [1.29, 1.82) is 0 Å². The number of nitrogens with one attached hydrogen (secondary N) is 2. The van der Waals surface area contributed by atoms with Crippen molar-refractivity contribution in [2.75, 3.05) is 18.4 Å². The maximum Gasteiger partial charge on any atom is 0.108 e. The summed E-state index contributed by atoms with van der Waals surface area (Å²) in [6, 6.07) is 14.0. The van der Waals surface area contributed by atoms with Crippen LogP contribution in [0.2, 0.25) is 10.0 Å². The van der Waals surface area contributed by atoms with E-state index in [4.69, 9.17) is 28.2 Å². The van der Waals surface area contributed by atoms with E-state index in [1.54, 1.807) is 0 Å². The molecular formula is C20H21Cl2N3. The molecule has 130 valence electrons. The molecule has 1 saturated heterocycles. The molecule has 4 rings (SSSR count). The predicted molar refractivity (Wildman–Crippen MR) is 106 cm³/mol. The van der Waals surface area contributed by atoms with Crippen LogP contribution in [0, 0.1) is 5.41 Å². The van der Waals surface area contributed by atoms with Crippen molar-refractivity contribution in [2.45, 2.75) is 25.8 Å². The number of hydrogen-bond acceptors (Lipinski definition) is 2. The van der Waals surface area contributed by atoms with E-state index in [0.717, 1.165) is 59.5 Å². The summed E-state index contributed by atoms with van der Waals surface area (Å²) in [4.78, 5) is 4.98. The number of halogens is 2. The summed E-state index contributed by atoms with van der Waals surface area (Å²) in [5.74, 6) is 1.10. The number of rotatable bonds is 2. The first-order chi connectivity index (χ1) is 12.1. The van der Waals surface area contributed by atoms with Gasteiger partial charge in [0.2, 0.25) is 0 Å². The third-order valence-electron chi connectivity index (χ3n) is 5.22. The molecule has 2 aliphatic heterocycles. The van der Waals surface area contributed by atoms with Gasteiger partial charge in [0.15, 0.2) is 0 Å². The summed E-state index contributed by atoms with van der Waals surface area (Å²) >= 11 is 12.3. The lowest BCUT2D eigenvalue weighted by atomic mass is 9.71. The van der Waals surface area contributed by atoms with Crippen molar-refractivity contribution in [2.24, 2.45) is 10.4 Å². The van der Waals surface area contributed by atoms with Gasteiger partial charge >= 0.3 is 0 Å². The molecule has 2 aromatic carbocycles. The second-order valence-corrected chi connectivity index (χ2v) is 7.80. The normalized spacial score (nSPS) is 20.3. The molecule has 2 aliphatic rings. The lowest BCUT2D eigenvalue weighted by molar-refractivity contribution is 0.293. The summed E-state index contributed by atoms with van der Waals surface area (Å²) in [5, 5.41) is 8.62. The fourth-order valence-corrected chi connectivity index (χ4v) is 4.28. The van der Waals surface area contributed by atoms with Gasteiger partial charge in [-0.1, -0.05) is 35.3 Å². The monoisotopic (exact) mass is 373 g/mol. The Bertz CT molecular complexity index is 810. The molecule has 0 radical (unpaired) electrons. The van der Waals surface area contributed by atoms with E-state index in [1.807, 2.05) is 24.3 Å². The quantitative estimate of drug-likeness (QED) is 0.782. The minimum atomic E-state index is 0.0709. The molecule has 0 saturated carbocycles. The highest BCUT2D eigenvalue weighted by Crippen LogP contribution is 2.41. The second kappa shape index (κ2) is 6.99. The highest BCUT2D eigenvalue weighted by Gasteiger charge is 2.41. The average molecular weight is 374 g/mol. The summed E-state index contributed by atoms with van der Waals surface area (Å²) < 4.78 is 0. The van der Waals surface area contributed by atoms with E-state index in [1.165, 1.54) is 5.56 Å². The molecule has 0 aliphatic carbocycles. The molecule has 25 heavy (non-hydrogen) atoms. The molecule has 3 nitrogen and oxygen atoms in total. The summed E-state index contributed by atoms with van der Waals surface area (Å²) in [7, 11) is 0. The van der Waals surface area contributed by atoms with Gasteiger partial charge in [-0.2, -0.15) is 0 Å². The van der Waals surface area contributed by atoms with Gasteiger partial charge in [-0.3, -0.25) is 4.99 Å². The van der Waals surface area contributed by atoms with E-state index < -0.39 is 0 Å². The van der Waals surface area contributed by atoms with Crippen molar-refractivity contribution >= 4 is 34.7 Å². The molecule has 0 amide bonds. The Hall–Kier alpha value is -1.55. The van der Waals surface area contributed by atoms with Gasteiger partial charge < -0.3 is 10.6 Å². The van der Waals surface area contributed by atoms with E-state index in [2.05, 4.69) is 28.8 Å². The zero-order valence-corrected chi connectivity index (χ0v) is 15.5. The number of benzene rings is 2. The van der Waals surface area contributed by atoms with E-state index >= 15 is 0 Å². The Labute approximate surface area is 158 Å². The van der Waals surface area contributed by atoms with Crippen LogP contribution in [0.5, 0.6) is 0 Å². The number of nitrogens with zero attached hydrogens (tertiary/aromatic N) is 1. The van der Waals surface area contributed by atoms with Crippen LogP contribution >= 0.6 is 23.2 Å². The third kappa shape index (κ3) is 3.55. The van der Waals surface area contributed by atoms with Gasteiger partial charge in [-0.25, -0.2) is 0 Å². The van der Waals surface area contributed by atoms with Crippen molar-refractivity contribution in [1.82, 2.24) is 5.32 Å². The molecule has 0 bridgehead atoms. The Morgan fingerprint density at radius 3 is 2.60 bits per heavy atom. The summed E-state index contributed by atoms with van der Waals surface area (Å²) in [5.41, 5.74) is 3.61. The van der Waals surface area contributed by atoms with Gasteiger partial charge in [0.05, 0.1) is 6.54 Å². The number of fused-ring (bicyclic) bond motifs is 1. The van der Waals surface area contributed by atoms with Crippen LogP contribution in [-0.4, -0.2) is 18.9 Å². The topological polar surface area (TPSA) is 36.4 Å². The summed E-state index contributed by atoms with van der Waals surface area (Å²) in [6.45, 7) is 2.68. The van der Waals surface area contributed by atoms with E-state index in [9.17, 15) is 0 Å². The largest absolute Gasteiger partial charge is 0.343 e. The van der Waals surface area contributed by atoms with Crippen molar-refractivity contribution < 1.29 is 0 Å². The van der Waals surface area contributed by atoms with Gasteiger partial charge in [-0.15, -0.1) is 0 Å². The van der Waals surface area contributed by atoms with E-state index in [-0.39, 0.29) is 5.41 Å². The molecular weight excluding hydrogens is 353 g/mol. The highest BCUT2D eigenvalue weighted by molar-refractivity contribution is 6.31. The molecule has 0 atom stereocenters. The zero-order chi connectivity index (χ0) is 17.3. The van der Waals surface area contributed by atoms with Crippen molar-refractivity contribution in [3.05, 3.63) is 63.6 Å². The number of hydrogen-bond donors (Lipinski definition) is 2.